The Hall–Kier alpha value is -6.44. The maximum atomic E-state index is 13.4. The van der Waals surface area contributed by atoms with Crippen LogP contribution in [-0.2, 0) is 51.7 Å². The van der Waals surface area contributed by atoms with Crippen LogP contribution in [0, 0.1) is 0 Å². The van der Waals surface area contributed by atoms with Crippen molar-refractivity contribution in [1.29, 1.82) is 0 Å². The minimum absolute atomic E-state index is 0.0326. The molecule has 0 saturated heterocycles. The summed E-state index contributed by atoms with van der Waals surface area (Å²) in [4.78, 5) is 77.1. The molecule has 322 valence electrons. The summed E-state index contributed by atoms with van der Waals surface area (Å²) < 4.78 is 39.1. The fraction of sp³-hybridized carbons (Fsp3) is 0.286. The Balaban J connectivity index is 1.19. The number of ether oxygens (including phenoxy) is 1. The number of nitrogens with one attached hydrogen (secondary N) is 5. The molecule has 0 radical (unpaired) electrons. The van der Waals surface area contributed by atoms with Gasteiger partial charge in [-0.05, 0) is 76.1 Å². The van der Waals surface area contributed by atoms with Gasteiger partial charge in [-0.3, -0.25) is 23.7 Å². The van der Waals surface area contributed by atoms with Gasteiger partial charge in [-0.2, -0.15) is 20.2 Å². The van der Waals surface area contributed by atoms with Gasteiger partial charge in [-0.25, -0.2) is 9.59 Å². The van der Waals surface area contributed by atoms with Crippen LogP contribution >= 0.6 is 11.8 Å². The minimum Gasteiger partial charge on any atom is -0.508 e. The number of fused-ring (bicyclic) bond motifs is 3. The summed E-state index contributed by atoms with van der Waals surface area (Å²) in [5.74, 6) is -4.46. The van der Waals surface area contributed by atoms with Crippen molar-refractivity contribution in [2.75, 3.05) is 31.7 Å². The van der Waals surface area contributed by atoms with E-state index in [1.54, 1.807) is 60.9 Å². The average Bonchev–Trinajstić information content (AvgIpc) is 3.55. The number of carboxylic acids is 1. The van der Waals surface area contributed by atoms with E-state index < -0.39 is 82.9 Å². The van der Waals surface area contributed by atoms with Crippen LogP contribution in [-0.4, -0.2) is 109 Å². The molecule has 61 heavy (non-hydrogen) atoms. The molecule has 17 nitrogen and oxygen atoms in total. The van der Waals surface area contributed by atoms with E-state index in [-0.39, 0.29) is 36.5 Å². The lowest BCUT2D eigenvalue weighted by atomic mass is 9.98. The highest BCUT2D eigenvalue weighted by Crippen LogP contribution is 2.45. The van der Waals surface area contributed by atoms with Crippen molar-refractivity contribution in [2.45, 2.75) is 48.2 Å². The number of carboxylic acid groups (broad SMARTS) is 1. The Morgan fingerprint density at radius 3 is 2.00 bits per heavy atom. The maximum Gasteiger partial charge on any atom is 0.407 e. The molecule has 1 aliphatic carbocycles. The lowest BCUT2D eigenvalue weighted by Crippen LogP contribution is -2.54. The van der Waals surface area contributed by atoms with Crippen molar-refractivity contribution >= 4 is 57.6 Å². The van der Waals surface area contributed by atoms with Crippen LogP contribution in [0.1, 0.15) is 34.6 Å². The monoisotopic (exact) mass is 875 g/mol. The van der Waals surface area contributed by atoms with Crippen LogP contribution in [0.15, 0.2) is 102 Å². The summed E-state index contributed by atoms with van der Waals surface area (Å²) in [6.07, 6.45) is 0.893. The van der Waals surface area contributed by atoms with Crippen molar-refractivity contribution in [3.63, 3.8) is 0 Å². The van der Waals surface area contributed by atoms with E-state index in [2.05, 4.69) is 26.6 Å². The zero-order chi connectivity index (χ0) is 44.1. The molecule has 0 fully saturated rings. The summed E-state index contributed by atoms with van der Waals surface area (Å²) in [5.41, 5.74) is 3.96. The van der Waals surface area contributed by atoms with Crippen LogP contribution in [0.2, 0.25) is 0 Å². The quantitative estimate of drug-likeness (QED) is 0.0594. The summed E-state index contributed by atoms with van der Waals surface area (Å²) >= 11 is 1.42. The molecule has 1 aliphatic rings. The summed E-state index contributed by atoms with van der Waals surface area (Å²) in [6.45, 7) is -1.48. The SMILES string of the molecule is CSCC[C@H](NC(=O)[C@H](Cc1ccccc1)NC(=O)CNC(=O)CNC(=O)[C@H](Cc1ccc(O)cc1)NC(=O)OCC1c2ccccc2-c2ccc(S(=O)(=O)O)cc21)C(=O)O. The molecule has 0 bridgehead atoms. The Labute approximate surface area is 355 Å². The van der Waals surface area contributed by atoms with Gasteiger partial charge in [0.05, 0.1) is 18.0 Å². The number of carbonyl (C=O) groups is 6. The van der Waals surface area contributed by atoms with E-state index in [9.17, 15) is 52.0 Å². The highest BCUT2D eigenvalue weighted by Gasteiger charge is 2.32. The van der Waals surface area contributed by atoms with Gasteiger partial charge in [-0.1, -0.05) is 72.8 Å². The molecular weight excluding hydrogens is 831 g/mol. The number of thioether (sulfide) groups is 1. The van der Waals surface area contributed by atoms with Gasteiger partial charge in [0.15, 0.2) is 0 Å². The van der Waals surface area contributed by atoms with E-state index >= 15 is 0 Å². The van der Waals surface area contributed by atoms with Crippen LogP contribution in [0.4, 0.5) is 4.79 Å². The number of carbonyl (C=O) groups excluding carboxylic acids is 5. The first kappa shape index (κ1) is 45.6. The summed E-state index contributed by atoms with van der Waals surface area (Å²) in [5, 5.41) is 31.7. The number of aliphatic carboxylic acids is 1. The molecule has 0 aromatic heterocycles. The molecule has 1 unspecified atom stereocenters. The lowest BCUT2D eigenvalue weighted by Gasteiger charge is -2.22. The van der Waals surface area contributed by atoms with Gasteiger partial charge in [0.1, 0.15) is 30.5 Å². The smallest absolute Gasteiger partial charge is 0.407 e. The van der Waals surface area contributed by atoms with Gasteiger partial charge in [0, 0.05) is 18.8 Å². The third kappa shape index (κ3) is 13.0. The normalized spacial score (nSPS) is 14.2. The van der Waals surface area contributed by atoms with Gasteiger partial charge in [0.2, 0.25) is 23.6 Å². The largest absolute Gasteiger partial charge is 0.508 e. The zero-order valence-corrected chi connectivity index (χ0v) is 34.5. The maximum absolute atomic E-state index is 13.4. The molecule has 0 saturated carbocycles. The highest BCUT2D eigenvalue weighted by molar-refractivity contribution is 7.98. The first-order valence-electron chi connectivity index (χ1n) is 18.9. The fourth-order valence-electron chi connectivity index (χ4n) is 6.65. The van der Waals surface area contributed by atoms with E-state index in [0.29, 0.717) is 28.0 Å². The molecule has 4 aromatic rings. The molecule has 5 rings (SSSR count). The molecule has 0 heterocycles. The van der Waals surface area contributed by atoms with Gasteiger partial charge in [-0.15, -0.1) is 0 Å². The van der Waals surface area contributed by atoms with Gasteiger partial charge >= 0.3 is 12.1 Å². The predicted molar refractivity (Wildman–Crippen MR) is 224 cm³/mol. The number of aromatic hydroxyl groups is 1. The molecule has 0 spiro atoms. The molecule has 0 aliphatic heterocycles. The Bertz CT molecular complexity index is 2350. The molecule has 8 N–H and O–H groups in total. The van der Waals surface area contributed by atoms with E-state index in [1.807, 2.05) is 6.07 Å². The van der Waals surface area contributed by atoms with Gasteiger partial charge < -0.3 is 41.5 Å². The molecule has 4 atom stereocenters. The molecule has 19 heteroatoms. The van der Waals surface area contributed by atoms with Crippen LogP contribution in [0.5, 0.6) is 5.75 Å². The third-order valence-corrected chi connectivity index (χ3v) is 11.2. The number of benzene rings is 4. The fourth-order valence-corrected chi connectivity index (χ4v) is 7.64. The number of hydrogen-bond acceptors (Lipinski definition) is 11. The number of alkyl carbamates (subject to hydrolysis) is 1. The topological polar surface area (TPSA) is 267 Å². The van der Waals surface area contributed by atoms with E-state index in [1.165, 1.54) is 48.2 Å². The van der Waals surface area contributed by atoms with E-state index in [0.717, 1.165) is 11.1 Å². The average molecular weight is 876 g/mol. The lowest BCUT2D eigenvalue weighted by molar-refractivity contribution is -0.142. The predicted octanol–water partition coefficient (Wildman–Crippen LogP) is 2.37. The van der Waals surface area contributed by atoms with Crippen LogP contribution in [0.3, 0.4) is 0 Å². The molecule has 5 amide bonds. The number of rotatable bonds is 20. The molecule has 4 aromatic carbocycles. The van der Waals surface area contributed by atoms with Crippen molar-refractivity contribution < 1.29 is 56.7 Å². The van der Waals surface area contributed by atoms with Crippen molar-refractivity contribution in [3.05, 3.63) is 119 Å². The van der Waals surface area contributed by atoms with Gasteiger partial charge in [0.25, 0.3) is 10.1 Å². The zero-order valence-electron chi connectivity index (χ0n) is 32.8. The van der Waals surface area contributed by atoms with Crippen molar-refractivity contribution in [3.8, 4) is 16.9 Å². The van der Waals surface area contributed by atoms with Crippen LogP contribution in [0.25, 0.3) is 11.1 Å². The van der Waals surface area contributed by atoms with Crippen LogP contribution < -0.4 is 26.6 Å². The third-order valence-electron chi connectivity index (χ3n) is 9.72. The number of hydrogen-bond donors (Lipinski definition) is 8. The Morgan fingerprint density at radius 2 is 1.33 bits per heavy atom. The van der Waals surface area contributed by atoms with Crippen molar-refractivity contribution in [1.82, 2.24) is 26.6 Å². The Morgan fingerprint density at radius 1 is 0.705 bits per heavy atom. The number of phenolic OH excluding ortho intramolecular Hbond substituents is 1. The second-order valence-electron chi connectivity index (χ2n) is 14.0. The number of amides is 5. The standard InChI is InChI=1S/C42H45N5O12S2/c1-60-18-17-34(41(53)54)46-40(52)36(19-25-7-3-2-4-8-25)45-38(50)23-43-37(49)22-44-39(51)35(20-26-11-13-27(48)14-12-26)47-42(55)59-24-33-30-10-6-5-9-29(30)31-16-15-28(21-32(31)33)61(56,57)58/h2-16,21,33-36,48H,17-20,22-24H2,1H3,(H,43,49)(H,44,51)(H,45,50)(H,46,52)(H,47,55)(H,53,54)(H,56,57,58)/t33?,34-,35-,36-/m0/s1. The van der Waals surface area contributed by atoms with Crippen molar-refractivity contribution in [2.24, 2.45) is 0 Å². The Kier molecular flexibility index (Phi) is 15.9. The second kappa shape index (κ2) is 21.2. The highest BCUT2D eigenvalue weighted by atomic mass is 32.2. The van der Waals surface area contributed by atoms with E-state index in [4.69, 9.17) is 4.74 Å². The molecular formula is C42H45N5O12S2. The minimum atomic E-state index is -4.53. The first-order chi connectivity index (χ1) is 29.1. The summed E-state index contributed by atoms with van der Waals surface area (Å²) in [7, 11) is -4.53. The summed E-state index contributed by atoms with van der Waals surface area (Å²) in [6, 6.07) is 22.3. The number of phenols is 1. The first-order valence-corrected chi connectivity index (χ1v) is 21.8. The second-order valence-corrected chi connectivity index (χ2v) is 16.4.